The van der Waals surface area contributed by atoms with Crippen molar-refractivity contribution in [1.29, 1.82) is 0 Å². The molecule has 100 valence electrons. The summed E-state index contributed by atoms with van der Waals surface area (Å²) in [5.41, 5.74) is 1.62. The zero-order chi connectivity index (χ0) is 13.4. The number of nitrogens with one attached hydrogen (secondary N) is 1. The quantitative estimate of drug-likeness (QED) is 0.584. The highest BCUT2D eigenvalue weighted by Gasteiger charge is 2.08. The van der Waals surface area contributed by atoms with Gasteiger partial charge in [-0.15, -0.1) is 0 Å². The molecule has 1 aromatic carbocycles. The van der Waals surface area contributed by atoms with Crippen LogP contribution in [0.25, 0.3) is 0 Å². The van der Waals surface area contributed by atoms with Crippen LogP contribution in [0.5, 0.6) is 0 Å². The minimum atomic E-state index is -0.0320. The van der Waals surface area contributed by atoms with E-state index in [1.165, 1.54) is 12.8 Å². The molecule has 2 nitrogen and oxygen atoms in total. The molecule has 0 fully saturated rings. The molecule has 4 heteroatoms. The molecule has 0 atom stereocenters. The van der Waals surface area contributed by atoms with Crippen molar-refractivity contribution in [2.24, 2.45) is 0 Å². The van der Waals surface area contributed by atoms with Crippen molar-refractivity contribution in [3.63, 3.8) is 0 Å². The van der Waals surface area contributed by atoms with Crippen LogP contribution in [0.2, 0.25) is 5.02 Å². The number of hydrogen-bond acceptors (Lipinski definition) is 1. The summed E-state index contributed by atoms with van der Waals surface area (Å²) in [6.07, 6.45) is 4.58. The van der Waals surface area contributed by atoms with Gasteiger partial charge in [0.05, 0.1) is 0 Å². The second-order valence-corrected chi connectivity index (χ2v) is 5.55. The lowest BCUT2D eigenvalue weighted by atomic mass is 10.1. The molecule has 0 saturated heterocycles. The topological polar surface area (TPSA) is 29.1 Å². The maximum absolute atomic E-state index is 11.9. The SMILES string of the molecule is Cc1ccc(Cl)cc1C(=O)NCCCCCCBr. The highest BCUT2D eigenvalue weighted by molar-refractivity contribution is 9.09. The van der Waals surface area contributed by atoms with Crippen LogP contribution >= 0.6 is 27.5 Å². The summed E-state index contributed by atoms with van der Waals surface area (Å²) in [5.74, 6) is -0.0320. The third kappa shape index (κ3) is 5.40. The van der Waals surface area contributed by atoms with E-state index in [9.17, 15) is 4.79 Å². The second kappa shape index (κ2) is 8.54. The molecule has 0 aliphatic heterocycles. The van der Waals surface area contributed by atoms with Crippen LogP contribution in [0.1, 0.15) is 41.6 Å². The molecule has 0 aliphatic carbocycles. The van der Waals surface area contributed by atoms with Gasteiger partial charge in [0.2, 0.25) is 0 Å². The first-order chi connectivity index (χ1) is 8.65. The van der Waals surface area contributed by atoms with E-state index in [0.29, 0.717) is 10.6 Å². The van der Waals surface area contributed by atoms with Gasteiger partial charge in [0, 0.05) is 22.5 Å². The third-order valence-corrected chi connectivity index (χ3v) is 3.59. The molecule has 0 aromatic heterocycles. The van der Waals surface area contributed by atoms with Gasteiger partial charge in [-0.25, -0.2) is 0 Å². The van der Waals surface area contributed by atoms with E-state index in [-0.39, 0.29) is 5.91 Å². The van der Waals surface area contributed by atoms with Gasteiger partial charge in [-0.3, -0.25) is 4.79 Å². The molecule has 0 unspecified atom stereocenters. The Bertz CT molecular complexity index is 395. The predicted octanol–water partition coefficient (Wildman–Crippen LogP) is 4.33. The van der Waals surface area contributed by atoms with Crippen LogP contribution in [0.3, 0.4) is 0 Å². The van der Waals surface area contributed by atoms with Crippen LogP contribution in [0.4, 0.5) is 0 Å². The summed E-state index contributed by atoms with van der Waals surface area (Å²) in [5, 5.41) is 4.59. The zero-order valence-corrected chi connectivity index (χ0v) is 13.0. The summed E-state index contributed by atoms with van der Waals surface area (Å²) in [6, 6.07) is 5.39. The lowest BCUT2D eigenvalue weighted by Crippen LogP contribution is -2.25. The summed E-state index contributed by atoms with van der Waals surface area (Å²) in [6.45, 7) is 2.65. The largest absolute Gasteiger partial charge is 0.352 e. The van der Waals surface area contributed by atoms with E-state index >= 15 is 0 Å². The Hall–Kier alpha value is -0.540. The van der Waals surface area contributed by atoms with Crippen molar-refractivity contribution in [1.82, 2.24) is 5.32 Å². The molecule has 0 bridgehead atoms. The van der Waals surface area contributed by atoms with Crippen molar-refractivity contribution >= 4 is 33.4 Å². The molecular formula is C14H19BrClNO. The highest BCUT2D eigenvalue weighted by atomic mass is 79.9. The van der Waals surface area contributed by atoms with E-state index in [1.807, 2.05) is 13.0 Å². The molecule has 18 heavy (non-hydrogen) atoms. The number of hydrogen-bond donors (Lipinski definition) is 1. The summed E-state index contributed by atoms with van der Waals surface area (Å²) >= 11 is 9.30. The summed E-state index contributed by atoms with van der Waals surface area (Å²) in [7, 11) is 0. The molecule has 0 aliphatic rings. The smallest absolute Gasteiger partial charge is 0.251 e. The number of halogens is 2. The average molecular weight is 333 g/mol. The number of aryl methyl sites for hydroxylation is 1. The van der Waals surface area contributed by atoms with Crippen molar-refractivity contribution in [3.8, 4) is 0 Å². The molecule has 0 spiro atoms. The normalized spacial score (nSPS) is 10.4. The Labute approximate surface area is 122 Å². The van der Waals surface area contributed by atoms with Crippen LogP contribution in [0, 0.1) is 6.92 Å². The van der Waals surface area contributed by atoms with Crippen molar-refractivity contribution in [3.05, 3.63) is 34.3 Å². The van der Waals surface area contributed by atoms with Gasteiger partial charge in [0.15, 0.2) is 0 Å². The Kier molecular flexibility index (Phi) is 7.36. The van der Waals surface area contributed by atoms with E-state index in [4.69, 9.17) is 11.6 Å². The first kappa shape index (κ1) is 15.5. The molecular weight excluding hydrogens is 314 g/mol. The maximum Gasteiger partial charge on any atom is 0.251 e. The number of benzene rings is 1. The second-order valence-electron chi connectivity index (χ2n) is 4.32. The fraction of sp³-hybridized carbons (Fsp3) is 0.500. The molecule has 1 rings (SSSR count). The van der Waals surface area contributed by atoms with Crippen molar-refractivity contribution in [2.45, 2.75) is 32.6 Å². The van der Waals surface area contributed by atoms with Crippen LogP contribution in [0.15, 0.2) is 18.2 Å². The highest BCUT2D eigenvalue weighted by Crippen LogP contribution is 2.15. The number of carbonyl (C=O) groups excluding carboxylic acids is 1. The minimum Gasteiger partial charge on any atom is -0.352 e. The molecule has 0 radical (unpaired) electrons. The maximum atomic E-state index is 11.9. The lowest BCUT2D eigenvalue weighted by molar-refractivity contribution is 0.0952. The van der Waals surface area contributed by atoms with Crippen molar-refractivity contribution < 1.29 is 4.79 Å². The number of rotatable bonds is 7. The van der Waals surface area contributed by atoms with E-state index in [1.54, 1.807) is 12.1 Å². The van der Waals surface area contributed by atoms with Gasteiger partial charge < -0.3 is 5.32 Å². The first-order valence-electron chi connectivity index (χ1n) is 6.25. The van der Waals surface area contributed by atoms with E-state index in [0.717, 1.165) is 30.3 Å². The van der Waals surface area contributed by atoms with Gasteiger partial charge in [0.25, 0.3) is 5.91 Å². The summed E-state index contributed by atoms with van der Waals surface area (Å²) in [4.78, 5) is 11.9. The predicted molar refractivity (Wildman–Crippen MR) is 80.8 cm³/mol. The number of alkyl halides is 1. The minimum absolute atomic E-state index is 0.0320. The Morgan fingerprint density at radius 3 is 2.72 bits per heavy atom. The van der Waals surface area contributed by atoms with Crippen LogP contribution in [-0.4, -0.2) is 17.8 Å². The van der Waals surface area contributed by atoms with Gasteiger partial charge >= 0.3 is 0 Å². The Morgan fingerprint density at radius 1 is 1.28 bits per heavy atom. The van der Waals surface area contributed by atoms with Gasteiger partial charge in [-0.05, 0) is 37.5 Å². The van der Waals surface area contributed by atoms with E-state index < -0.39 is 0 Å². The fourth-order valence-corrected chi connectivity index (χ4v) is 2.28. The van der Waals surface area contributed by atoms with Gasteiger partial charge in [-0.2, -0.15) is 0 Å². The van der Waals surface area contributed by atoms with Crippen LogP contribution < -0.4 is 5.32 Å². The average Bonchev–Trinajstić information content (AvgIpc) is 2.36. The molecule has 0 heterocycles. The van der Waals surface area contributed by atoms with Gasteiger partial charge in [0.1, 0.15) is 0 Å². The number of carbonyl (C=O) groups is 1. The molecule has 1 aromatic rings. The monoisotopic (exact) mass is 331 g/mol. The number of unbranched alkanes of at least 4 members (excludes halogenated alkanes) is 3. The standard InChI is InChI=1S/C14H19BrClNO/c1-11-6-7-12(16)10-13(11)14(18)17-9-5-3-2-4-8-15/h6-7,10H,2-5,8-9H2,1H3,(H,17,18). The van der Waals surface area contributed by atoms with E-state index in [2.05, 4.69) is 21.2 Å². The van der Waals surface area contributed by atoms with Crippen LogP contribution in [-0.2, 0) is 0 Å². The van der Waals surface area contributed by atoms with Gasteiger partial charge in [-0.1, -0.05) is 46.4 Å². The van der Waals surface area contributed by atoms with Crippen molar-refractivity contribution in [2.75, 3.05) is 11.9 Å². The fourth-order valence-electron chi connectivity index (χ4n) is 1.71. The molecule has 1 N–H and O–H groups in total. The Balaban J connectivity index is 2.34. The Morgan fingerprint density at radius 2 is 2.00 bits per heavy atom. The lowest BCUT2D eigenvalue weighted by Gasteiger charge is -2.08. The third-order valence-electron chi connectivity index (χ3n) is 2.79. The zero-order valence-electron chi connectivity index (χ0n) is 10.6. The first-order valence-corrected chi connectivity index (χ1v) is 7.75. The molecule has 1 amide bonds. The number of amides is 1. The summed E-state index contributed by atoms with van der Waals surface area (Å²) < 4.78 is 0. The molecule has 0 saturated carbocycles.